The molecule has 1 unspecified atom stereocenters. The van der Waals surface area contributed by atoms with Crippen LogP contribution in [-0.4, -0.2) is 32.5 Å². The highest BCUT2D eigenvalue weighted by Crippen LogP contribution is 2.37. The average Bonchev–Trinajstić information content (AvgIpc) is 3.07. The Morgan fingerprint density at radius 2 is 2.04 bits per heavy atom. The molecule has 2 heterocycles. The predicted octanol–water partition coefficient (Wildman–Crippen LogP) is 3.17. The Morgan fingerprint density at radius 1 is 1.31 bits per heavy atom. The molecule has 0 aliphatic carbocycles. The molecule has 0 saturated carbocycles. The first kappa shape index (κ1) is 18.6. The Bertz CT molecular complexity index is 950. The maximum absolute atomic E-state index is 13.1. The third kappa shape index (κ3) is 3.52. The van der Waals surface area contributed by atoms with E-state index in [1.807, 2.05) is 19.2 Å². The van der Waals surface area contributed by atoms with Gasteiger partial charge in [0.05, 0.1) is 21.1 Å². The number of nitrogens with zero attached hydrogens (tertiary/aromatic N) is 1. The van der Waals surface area contributed by atoms with Crippen molar-refractivity contribution in [1.29, 1.82) is 0 Å². The van der Waals surface area contributed by atoms with Gasteiger partial charge in [-0.2, -0.15) is 0 Å². The molecule has 8 heteroatoms. The van der Waals surface area contributed by atoms with E-state index in [1.54, 1.807) is 18.2 Å². The van der Waals surface area contributed by atoms with Gasteiger partial charge in [0.2, 0.25) is 5.91 Å². The lowest BCUT2D eigenvalue weighted by Crippen LogP contribution is -2.51. The molecule has 0 bridgehead atoms. The van der Waals surface area contributed by atoms with E-state index in [0.29, 0.717) is 22.7 Å². The number of carbonyl (C=O) groups excluding carboxylic acids is 2. The van der Waals surface area contributed by atoms with Gasteiger partial charge in [0.15, 0.2) is 9.84 Å². The summed E-state index contributed by atoms with van der Waals surface area (Å²) >= 11 is 1.31. The Morgan fingerprint density at radius 3 is 2.62 bits per heavy atom. The van der Waals surface area contributed by atoms with E-state index in [0.717, 1.165) is 6.26 Å². The standard InChI is InChI=1S/C18H20N2O4S2/c1-11(2)9-15-17(21)19-13-10-12(26(3,23)24)6-7-14(13)20(15)18(22)16-5-4-8-25-16/h4-8,10-11,15H,9H2,1-3H3,(H,19,21). The van der Waals surface area contributed by atoms with Crippen LogP contribution in [0.25, 0.3) is 0 Å². The maximum Gasteiger partial charge on any atom is 0.269 e. The summed E-state index contributed by atoms with van der Waals surface area (Å²) in [5.41, 5.74) is 0.851. The van der Waals surface area contributed by atoms with Crippen molar-refractivity contribution in [3.63, 3.8) is 0 Å². The summed E-state index contributed by atoms with van der Waals surface area (Å²) in [7, 11) is -3.42. The van der Waals surface area contributed by atoms with E-state index < -0.39 is 15.9 Å². The summed E-state index contributed by atoms with van der Waals surface area (Å²) in [5.74, 6) is -0.350. The summed E-state index contributed by atoms with van der Waals surface area (Å²) < 4.78 is 23.6. The highest BCUT2D eigenvalue weighted by molar-refractivity contribution is 7.90. The summed E-state index contributed by atoms with van der Waals surface area (Å²) in [6, 6.07) is 7.32. The van der Waals surface area contributed by atoms with Crippen LogP contribution in [0.1, 0.15) is 29.9 Å². The van der Waals surface area contributed by atoms with Crippen molar-refractivity contribution in [3.8, 4) is 0 Å². The molecule has 0 radical (unpaired) electrons. The number of anilines is 2. The van der Waals surface area contributed by atoms with Crippen molar-refractivity contribution >= 4 is 44.4 Å². The van der Waals surface area contributed by atoms with E-state index in [4.69, 9.17) is 0 Å². The molecule has 1 aliphatic rings. The number of sulfone groups is 1. The fraction of sp³-hybridized carbons (Fsp3) is 0.333. The number of rotatable bonds is 4. The van der Waals surface area contributed by atoms with Crippen molar-refractivity contribution in [2.75, 3.05) is 16.5 Å². The summed E-state index contributed by atoms with van der Waals surface area (Å²) in [6.45, 7) is 3.98. The van der Waals surface area contributed by atoms with Crippen LogP contribution in [-0.2, 0) is 14.6 Å². The predicted molar refractivity (Wildman–Crippen MR) is 103 cm³/mol. The Hall–Kier alpha value is -2.19. The molecule has 1 atom stereocenters. The van der Waals surface area contributed by atoms with E-state index in [1.165, 1.54) is 28.4 Å². The quantitative estimate of drug-likeness (QED) is 0.866. The molecule has 6 nitrogen and oxygen atoms in total. The van der Waals surface area contributed by atoms with Gasteiger partial charge in [0.1, 0.15) is 6.04 Å². The fourth-order valence-corrected chi connectivity index (χ4v) is 4.29. The molecule has 0 fully saturated rings. The van der Waals surface area contributed by atoms with Gasteiger partial charge in [0.25, 0.3) is 5.91 Å². The molecule has 26 heavy (non-hydrogen) atoms. The highest BCUT2D eigenvalue weighted by atomic mass is 32.2. The SMILES string of the molecule is CC(C)CC1C(=O)Nc2cc(S(C)(=O)=O)ccc2N1C(=O)c1cccs1. The topological polar surface area (TPSA) is 83.6 Å². The lowest BCUT2D eigenvalue weighted by Gasteiger charge is -2.37. The van der Waals surface area contributed by atoms with Crippen LogP contribution < -0.4 is 10.2 Å². The van der Waals surface area contributed by atoms with Crippen LogP contribution in [0.3, 0.4) is 0 Å². The van der Waals surface area contributed by atoms with Gasteiger partial charge in [-0.05, 0) is 42.0 Å². The van der Waals surface area contributed by atoms with Crippen LogP contribution in [0.2, 0.25) is 0 Å². The number of thiophene rings is 1. The minimum Gasteiger partial charge on any atom is -0.322 e. The van der Waals surface area contributed by atoms with Gasteiger partial charge in [-0.1, -0.05) is 19.9 Å². The van der Waals surface area contributed by atoms with Crippen LogP contribution in [0.15, 0.2) is 40.6 Å². The second-order valence-electron chi connectivity index (χ2n) is 6.74. The zero-order chi connectivity index (χ0) is 19.1. The van der Waals surface area contributed by atoms with E-state index in [9.17, 15) is 18.0 Å². The molecule has 138 valence electrons. The van der Waals surface area contributed by atoms with E-state index in [2.05, 4.69) is 5.32 Å². The highest BCUT2D eigenvalue weighted by Gasteiger charge is 2.38. The first-order valence-corrected chi connectivity index (χ1v) is 11.0. The second kappa shape index (κ2) is 6.85. The third-order valence-electron chi connectivity index (χ3n) is 4.17. The number of nitrogens with one attached hydrogen (secondary N) is 1. The number of benzene rings is 1. The molecule has 2 amide bonds. The lowest BCUT2D eigenvalue weighted by molar-refractivity contribution is -0.117. The minimum atomic E-state index is -3.42. The number of amides is 2. The molecule has 0 saturated heterocycles. The van der Waals surface area contributed by atoms with Gasteiger partial charge in [-0.25, -0.2) is 8.42 Å². The molecule has 1 aliphatic heterocycles. The van der Waals surface area contributed by atoms with Crippen molar-refractivity contribution in [1.82, 2.24) is 0 Å². The van der Waals surface area contributed by atoms with Crippen molar-refractivity contribution in [3.05, 3.63) is 40.6 Å². The number of hydrogen-bond acceptors (Lipinski definition) is 5. The zero-order valence-corrected chi connectivity index (χ0v) is 16.4. The maximum atomic E-state index is 13.1. The number of fused-ring (bicyclic) bond motifs is 1. The summed E-state index contributed by atoms with van der Waals surface area (Å²) in [4.78, 5) is 27.9. The monoisotopic (exact) mass is 392 g/mol. The molecule has 1 aromatic carbocycles. The summed E-state index contributed by atoms with van der Waals surface area (Å²) in [6.07, 6.45) is 1.62. The van der Waals surface area contributed by atoms with Gasteiger partial charge in [-0.3, -0.25) is 14.5 Å². The molecule has 0 spiro atoms. The minimum absolute atomic E-state index is 0.0994. The van der Waals surface area contributed by atoms with Crippen molar-refractivity contribution in [2.24, 2.45) is 5.92 Å². The smallest absolute Gasteiger partial charge is 0.269 e. The largest absolute Gasteiger partial charge is 0.322 e. The van der Waals surface area contributed by atoms with E-state index in [-0.39, 0.29) is 22.6 Å². The normalized spacial score (nSPS) is 17.2. The van der Waals surface area contributed by atoms with Gasteiger partial charge >= 0.3 is 0 Å². The van der Waals surface area contributed by atoms with Gasteiger partial charge in [0, 0.05) is 6.26 Å². The van der Waals surface area contributed by atoms with Crippen LogP contribution in [0.5, 0.6) is 0 Å². The van der Waals surface area contributed by atoms with E-state index >= 15 is 0 Å². The van der Waals surface area contributed by atoms with Crippen LogP contribution in [0, 0.1) is 5.92 Å². The third-order valence-corrected chi connectivity index (χ3v) is 6.14. The second-order valence-corrected chi connectivity index (χ2v) is 9.70. The fourth-order valence-electron chi connectivity index (χ4n) is 2.99. The van der Waals surface area contributed by atoms with Gasteiger partial charge in [-0.15, -0.1) is 11.3 Å². The number of hydrogen-bond donors (Lipinski definition) is 1. The Balaban J connectivity index is 2.13. The molecular weight excluding hydrogens is 372 g/mol. The molecular formula is C18H20N2O4S2. The number of carbonyl (C=O) groups is 2. The van der Waals surface area contributed by atoms with Crippen LogP contribution in [0.4, 0.5) is 11.4 Å². The zero-order valence-electron chi connectivity index (χ0n) is 14.7. The van der Waals surface area contributed by atoms with Crippen LogP contribution >= 0.6 is 11.3 Å². The molecule has 1 aromatic heterocycles. The molecule has 1 N–H and O–H groups in total. The molecule has 3 rings (SSSR count). The lowest BCUT2D eigenvalue weighted by atomic mass is 9.98. The van der Waals surface area contributed by atoms with Gasteiger partial charge < -0.3 is 5.32 Å². The molecule has 2 aromatic rings. The first-order chi connectivity index (χ1) is 12.2. The Labute approximate surface area is 156 Å². The average molecular weight is 393 g/mol. The first-order valence-electron chi connectivity index (χ1n) is 8.20. The summed E-state index contributed by atoms with van der Waals surface area (Å²) in [5, 5.41) is 4.57. The Kier molecular flexibility index (Phi) is 4.90. The van der Waals surface area contributed by atoms with Crippen molar-refractivity contribution < 1.29 is 18.0 Å². The van der Waals surface area contributed by atoms with Crippen molar-refractivity contribution in [2.45, 2.75) is 31.2 Å².